The van der Waals surface area contributed by atoms with E-state index in [4.69, 9.17) is 17.3 Å². The van der Waals surface area contributed by atoms with E-state index in [9.17, 15) is 23.9 Å². The lowest BCUT2D eigenvalue weighted by atomic mass is 10.2. The Morgan fingerprint density at radius 1 is 1.30 bits per heavy atom. The van der Waals surface area contributed by atoms with Crippen molar-refractivity contribution < 1.29 is 23.9 Å². The second kappa shape index (κ2) is 9.82. The normalized spacial score (nSPS) is 11.1. The number of benzene rings is 1. The van der Waals surface area contributed by atoms with Gasteiger partial charge in [-0.25, -0.2) is 19.2 Å². The average molecular weight is 477 g/mol. The highest BCUT2D eigenvalue weighted by atomic mass is 35.5. The molecule has 12 heteroatoms. The molecule has 0 aliphatic carbocycles. The Kier molecular flexibility index (Phi) is 7.12. The maximum absolute atomic E-state index is 14.0. The predicted octanol–water partition coefficient (Wildman–Crippen LogP) is 2.06. The summed E-state index contributed by atoms with van der Waals surface area (Å²) in [6.45, 7) is 2.83. The quantitative estimate of drug-likeness (QED) is 0.451. The molecule has 33 heavy (non-hydrogen) atoms. The van der Waals surface area contributed by atoms with E-state index in [1.165, 1.54) is 34.1 Å². The molecule has 2 amide bonds. The standard InChI is InChI=1S/C21H22ClFN6O4/c1-11(2)29(8-15(30)25-6-12-4-3-5-14(22)18(12)23)16(31)9-28-7-13(21(32)33)17-19(24)26-10-27-20(17)28/h3-5,7,10-11H,6,8-9H2,1-2H3,(H,25,30)(H,32,33)(H2,24,26,27). The molecule has 0 bridgehead atoms. The maximum Gasteiger partial charge on any atom is 0.338 e. The fourth-order valence-corrected chi connectivity index (χ4v) is 3.51. The number of rotatable bonds is 8. The molecule has 2 heterocycles. The highest BCUT2D eigenvalue weighted by Gasteiger charge is 2.24. The van der Waals surface area contributed by atoms with Gasteiger partial charge in [0.05, 0.1) is 22.5 Å². The summed E-state index contributed by atoms with van der Waals surface area (Å²) in [5, 5.41) is 12.1. The van der Waals surface area contributed by atoms with E-state index in [0.717, 1.165) is 0 Å². The zero-order chi connectivity index (χ0) is 24.3. The van der Waals surface area contributed by atoms with E-state index in [0.29, 0.717) is 0 Å². The van der Waals surface area contributed by atoms with Crippen molar-refractivity contribution in [2.45, 2.75) is 33.0 Å². The first-order valence-corrected chi connectivity index (χ1v) is 10.3. The van der Waals surface area contributed by atoms with Crippen molar-refractivity contribution in [1.82, 2.24) is 24.8 Å². The highest BCUT2D eigenvalue weighted by molar-refractivity contribution is 6.30. The molecule has 0 saturated heterocycles. The van der Waals surface area contributed by atoms with Crippen LogP contribution < -0.4 is 11.1 Å². The van der Waals surface area contributed by atoms with Gasteiger partial charge >= 0.3 is 5.97 Å². The number of hydrogen-bond acceptors (Lipinski definition) is 6. The number of hydrogen-bond donors (Lipinski definition) is 3. The fourth-order valence-electron chi connectivity index (χ4n) is 3.31. The van der Waals surface area contributed by atoms with Crippen LogP contribution in [0.2, 0.25) is 5.02 Å². The van der Waals surface area contributed by atoms with Crippen molar-refractivity contribution in [2.24, 2.45) is 0 Å². The molecule has 0 fully saturated rings. The Balaban J connectivity index is 1.74. The Hall–Kier alpha value is -3.73. The van der Waals surface area contributed by atoms with Crippen LogP contribution in [0.5, 0.6) is 0 Å². The van der Waals surface area contributed by atoms with Crippen LogP contribution >= 0.6 is 11.6 Å². The SMILES string of the molecule is CC(C)N(CC(=O)NCc1cccc(Cl)c1F)C(=O)Cn1cc(C(=O)O)c2c(N)ncnc21. The number of fused-ring (bicyclic) bond motifs is 1. The second-order valence-corrected chi connectivity index (χ2v) is 7.95. The van der Waals surface area contributed by atoms with E-state index >= 15 is 0 Å². The van der Waals surface area contributed by atoms with Crippen LogP contribution in [0.1, 0.15) is 29.8 Å². The number of nitrogens with one attached hydrogen (secondary N) is 1. The number of nitrogen functional groups attached to an aromatic ring is 1. The smallest absolute Gasteiger partial charge is 0.338 e. The molecule has 174 valence electrons. The summed E-state index contributed by atoms with van der Waals surface area (Å²) in [7, 11) is 0. The molecule has 0 saturated carbocycles. The Morgan fingerprint density at radius 3 is 2.70 bits per heavy atom. The number of carbonyl (C=O) groups is 3. The van der Waals surface area contributed by atoms with Gasteiger partial charge in [-0.2, -0.15) is 0 Å². The third-order valence-corrected chi connectivity index (χ3v) is 5.28. The molecule has 3 rings (SSSR count). The molecule has 0 unspecified atom stereocenters. The Bertz CT molecular complexity index is 1230. The summed E-state index contributed by atoms with van der Waals surface area (Å²) in [4.78, 5) is 46.2. The summed E-state index contributed by atoms with van der Waals surface area (Å²) in [6, 6.07) is 4.13. The average Bonchev–Trinajstić information content (AvgIpc) is 3.12. The van der Waals surface area contributed by atoms with E-state index in [-0.39, 0.29) is 58.7 Å². The molecular weight excluding hydrogens is 455 g/mol. The summed E-state index contributed by atoms with van der Waals surface area (Å²) >= 11 is 5.75. The van der Waals surface area contributed by atoms with Gasteiger partial charge < -0.3 is 25.6 Å². The summed E-state index contributed by atoms with van der Waals surface area (Å²) in [6.07, 6.45) is 2.43. The van der Waals surface area contributed by atoms with Gasteiger partial charge in [0, 0.05) is 24.3 Å². The lowest BCUT2D eigenvalue weighted by molar-refractivity contribution is -0.138. The fraction of sp³-hybridized carbons (Fsp3) is 0.286. The third kappa shape index (κ3) is 5.20. The first kappa shape index (κ1) is 23.9. The minimum atomic E-state index is -1.24. The molecule has 0 aliphatic heterocycles. The molecule has 1 aromatic carbocycles. The molecule has 2 aromatic heterocycles. The molecular formula is C21H22ClFN6O4. The number of anilines is 1. The molecule has 0 radical (unpaired) electrons. The molecule has 0 atom stereocenters. The van der Waals surface area contributed by atoms with Gasteiger partial charge in [-0.05, 0) is 19.9 Å². The first-order valence-electron chi connectivity index (χ1n) is 9.91. The van der Waals surface area contributed by atoms with Crippen molar-refractivity contribution in [3.63, 3.8) is 0 Å². The van der Waals surface area contributed by atoms with Crippen LogP contribution in [0.3, 0.4) is 0 Å². The second-order valence-electron chi connectivity index (χ2n) is 7.54. The van der Waals surface area contributed by atoms with Gasteiger partial charge in [-0.3, -0.25) is 9.59 Å². The molecule has 10 nitrogen and oxygen atoms in total. The Morgan fingerprint density at radius 2 is 2.03 bits per heavy atom. The number of carboxylic acid groups (broad SMARTS) is 1. The third-order valence-electron chi connectivity index (χ3n) is 4.98. The topological polar surface area (TPSA) is 143 Å². The van der Waals surface area contributed by atoms with Crippen LogP contribution in [-0.4, -0.2) is 54.9 Å². The highest BCUT2D eigenvalue weighted by Crippen LogP contribution is 2.24. The van der Waals surface area contributed by atoms with Crippen molar-refractivity contribution >= 4 is 46.2 Å². The molecule has 4 N–H and O–H groups in total. The van der Waals surface area contributed by atoms with E-state index in [1.54, 1.807) is 19.9 Å². The minimum Gasteiger partial charge on any atom is -0.478 e. The number of aromatic carboxylic acids is 1. The summed E-state index contributed by atoms with van der Waals surface area (Å²) < 4.78 is 15.4. The number of halogens is 2. The number of carboxylic acids is 1. The Labute approximate surface area is 193 Å². The van der Waals surface area contributed by atoms with Crippen LogP contribution in [0.25, 0.3) is 11.0 Å². The molecule has 3 aromatic rings. The van der Waals surface area contributed by atoms with Crippen molar-refractivity contribution in [3.8, 4) is 0 Å². The zero-order valence-electron chi connectivity index (χ0n) is 17.9. The van der Waals surface area contributed by atoms with Gasteiger partial charge in [0.25, 0.3) is 0 Å². The van der Waals surface area contributed by atoms with Gasteiger partial charge in [-0.1, -0.05) is 23.7 Å². The minimum absolute atomic E-state index is 0.0167. The van der Waals surface area contributed by atoms with Crippen LogP contribution in [-0.2, 0) is 22.7 Å². The lowest BCUT2D eigenvalue weighted by Crippen LogP contribution is -2.45. The van der Waals surface area contributed by atoms with E-state index < -0.39 is 23.6 Å². The summed E-state index contributed by atoms with van der Waals surface area (Å²) in [5.41, 5.74) is 6.08. The van der Waals surface area contributed by atoms with E-state index in [2.05, 4.69) is 15.3 Å². The number of carbonyl (C=O) groups excluding carboxylic acids is 2. The monoisotopic (exact) mass is 476 g/mol. The van der Waals surface area contributed by atoms with E-state index in [1.807, 2.05) is 0 Å². The van der Waals surface area contributed by atoms with Crippen LogP contribution in [0, 0.1) is 5.82 Å². The number of aromatic nitrogens is 3. The number of amides is 2. The van der Waals surface area contributed by atoms with Crippen molar-refractivity contribution in [1.29, 1.82) is 0 Å². The van der Waals surface area contributed by atoms with Crippen molar-refractivity contribution in [3.05, 3.63) is 52.7 Å². The first-order chi connectivity index (χ1) is 15.6. The van der Waals surface area contributed by atoms with Gasteiger partial charge in [0.15, 0.2) is 0 Å². The maximum atomic E-state index is 14.0. The summed E-state index contributed by atoms with van der Waals surface area (Å²) in [5.74, 6) is -2.81. The largest absolute Gasteiger partial charge is 0.478 e. The number of nitrogens with two attached hydrogens (primary N) is 1. The van der Waals surface area contributed by atoms with Crippen molar-refractivity contribution in [2.75, 3.05) is 12.3 Å². The lowest BCUT2D eigenvalue weighted by Gasteiger charge is -2.26. The van der Waals surface area contributed by atoms with Gasteiger partial charge in [0.2, 0.25) is 11.8 Å². The molecule has 0 aliphatic rings. The zero-order valence-corrected chi connectivity index (χ0v) is 18.6. The number of nitrogens with zero attached hydrogens (tertiary/aromatic N) is 4. The molecule has 0 spiro atoms. The van der Waals surface area contributed by atoms with Gasteiger partial charge in [0.1, 0.15) is 30.2 Å². The van der Waals surface area contributed by atoms with Gasteiger partial charge in [-0.15, -0.1) is 0 Å². The predicted molar refractivity (Wildman–Crippen MR) is 119 cm³/mol. The van der Waals surface area contributed by atoms with Crippen LogP contribution in [0.4, 0.5) is 10.2 Å². The van der Waals surface area contributed by atoms with Crippen LogP contribution in [0.15, 0.2) is 30.7 Å².